The molecule has 1 N–H and O–H groups in total. The highest BCUT2D eigenvalue weighted by Gasteiger charge is 2.43. The van der Waals surface area contributed by atoms with Crippen LogP contribution in [0.5, 0.6) is 11.5 Å². The van der Waals surface area contributed by atoms with E-state index in [1.807, 2.05) is 18.7 Å². The molecule has 1 amide bonds. The van der Waals surface area contributed by atoms with Crippen LogP contribution < -0.4 is 14.8 Å². The van der Waals surface area contributed by atoms with Crippen molar-refractivity contribution < 1.29 is 23.0 Å². The topological polar surface area (TPSA) is 50.8 Å². The second-order valence-electron chi connectivity index (χ2n) is 6.61. The Hall–Kier alpha value is -1.89. The molecule has 3 rings (SSSR count). The molecule has 0 aromatic heterocycles. The number of nitrogens with one attached hydrogen (secondary N) is 1. The maximum Gasteiger partial charge on any atom is 0.586 e. The lowest BCUT2D eigenvalue weighted by Gasteiger charge is -2.34. The van der Waals surface area contributed by atoms with Crippen molar-refractivity contribution in [3.05, 3.63) is 23.8 Å². The second kappa shape index (κ2) is 6.55. The van der Waals surface area contributed by atoms with Crippen molar-refractivity contribution in [3.8, 4) is 11.5 Å². The van der Waals surface area contributed by atoms with E-state index in [2.05, 4.69) is 14.8 Å². The molecule has 1 aromatic rings. The average molecular weight is 340 g/mol. The molecule has 0 bridgehead atoms. The van der Waals surface area contributed by atoms with E-state index in [-0.39, 0.29) is 29.4 Å². The van der Waals surface area contributed by atoms with Crippen LogP contribution in [0.1, 0.15) is 32.3 Å². The van der Waals surface area contributed by atoms with Crippen LogP contribution in [0.3, 0.4) is 0 Å². The minimum absolute atomic E-state index is 0.000669. The Balaban J connectivity index is 1.56. The van der Waals surface area contributed by atoms with Crippen molar-refractivity contribution >= 4 is 5.91 Å². The number of benzene rings is 1. The Bertz CT molecular complexity index is 622. The number of carbonyl (C=O) groups is 1. The molecule has 1 saturated heterocycles. The Kier molecular flexibility index (Phi) is 4.62. The molecule has 0 radical (unpaired) electrons. The fourth-order valence-electron chi connectivity index (χ4n) is 3.07. The highest BCUT2D eigenvalue weighted by atomic mass is 19.3. The van der Waals surface area contributed by atoms with Crippen molar-refractivity contribution in [2.24, 2.45) is 5.92 Å². The molecule has 1 aromatic carbocycles. The molecule has 24 heavy (non-hydrogen) atoms. The van der Waals surface area contributed by atoms with Crippen LogP contribution in [0.4, 0.5) is 8.78 Å². The Morgan fingerprint density at radius 1 is 1.38 bits per heavy atom. The normalized spacial score (nSPS) is 22.0. The molecule has 0 spiro atoms. The zero-order valence-electron chi connectivity index (χ0n) is 13.9. The molecule has 5 nitrogen and oxygen atoms in total. The van der Waals surface area contributed by atoms with Gasteiger partial charge in [-0.3, -0.25) is 4.79 Å². The number of amides is 1. The average Bonchev–Trinajstić information content (AvgIpc) is 2.85. The van der Waals surface area contributed by atoms with Gasteiger partial charge in [0.05, 0.1) is 0 Å². The summed E-state index contributed by atoms with van der Waals surface area (Å²) in [4.78, 5) is 14.0. The quantitative estimate of drug-likeness (QED) is 0.916. The lowest BCUT2D eigenvalue weighted by atomic mass is 10.0. The van der Waals surface area contributed by atoms with Gasteiger partial charge in [0.2, 0.25) is 5.91 Å². The van der Waals surface area contributed by atoms with Gasteiger partial charge in [0.25, 0.3) is 0 Å². The number of hydrogen-bond acceptors (Lipinski definition) is 4. The van der Waals surface area contributed by atoms with Crippen LogP contribution >= 0.6 is 0 Å². The van der Waals surface area contributed by atoms with Crippen LogP contribution in [0.15, 0.2) is 18.2 Å². The van der Waals surface area contributed by atoms with Crippen molar-refractivity contribution in [1.29, 1.82) is 0 Å². The number of hydrogen-bond donors (Lipinski definition) is 1. The summed E-state index contributed by atoms with van der Waals surface area (Å²) in [5.41, 5.74) is 0.836. The molecular formula is C17H22F2N2O3. The molecule has 2 aliphatic rings. The van der Waals surface area contributed by atoms with Gasteiger partial charge < -0.3 is 19.7 Å². The third kappa shape index (κ3) is 3.77. The zero-order chi connectivity index (χ0) is 17.3. The van der Waals surface area contributed by atoms with E-state index in [9.17, 15) is 13.6 Å². The van der Waals surface area contributed by atoms with E-state index in [4.69, 9.17) is 0 Å². The van der Waals surface area contributed by atoms with Crippen molar-refractivity contribution in [2.75, 3.05) is 13.1 Å². The summed E-state index contributed by atoms with van der Waals surface area (Å²) >= 11 is 0. The molecule has 7 heteroatoms. The lowest BCUT2D eigenvalue weighted by Crippen LogP contribution is -2.48. The maximum atomic E-state index is 13.0. The van der Waals surface area contributed by atoms with Crippen molar-refractivity contribution in [2.45, 2.75) is 45.6 Å². The predicted octanol–water partition coefficient (Wildman–Crippen LogP) is 2.74. The SMILES string of the molecule is CC(C)C(=O)N1CCCC(NCc2ccc3c(c2)OC(F)(F)O3)C1. The third-order valence-electron chi connectivity index (χ3n) is 4.29. The number of fused-ring (bicyclic) bond motifs is 1. The fourth-order valence-corrected chi connectivity index (χ4v) is 3.07. The molecule has 1 unspecified atom stereocenters. The second-order valence-corrected chi connectivity index (χ2v) is 6.61. The molecule has 1 atom stereocenters. The van der Waals surface area contributed by atoms with E-state index in [0.717, 1.165) is 24.9 Å². The van der Waals surface area contributed by atoms with Crippen LogP contribution in [0.2, 0.25) is 0 Å². The van der Waals surface area contributed by atoms with Gasteiger partial charge in [-0.1, -0.05) is 19.9 Å². The van der Waals surface area contributed by atoms with Crippen LogP contribution in [-0.4, -0.2) is 36.2 Å². The van der Waals surface area contributed by atoms with Crippen LogP contribution in [-0.2, 0) is 11.3 Å². The van der Waals surface area contributed by atoms with E-state index >= 15 is 0 Å². The van der Waals surface area contributed by atoms with Crippen LogP contribution in [0, 0.1) is 5.92 Å². The summed E-state index contributed by atoms with van der Waals surface area (Å²) in [6.45, 7) is 5.81. The predicted molar refractivity (Wildman–Crippen MR) is 83.9 cm³/mol. The highest BCUT2D eigenvalue weighted by molar-refractivity contribution is 5.78. The minimum Gasteiger partial charge on any atom is -0.395 e. The van der Waals surface area contributed by atoms with Gasteiger partial charge in [0.15, 0.2) is 11.5 Å². The number of alkyl halides is 2. The summed E-state index contributed by atoms with van der Waals surface area (Å²) in [7, 11) is 0. The molecule has 2 aliphatic heterocycles. The summed E-state index contributed by atoms with van der Waals surface area (Å²) in [5, 5.41) is 3.40. The smallest absolute Gasteiger partial charge is 0.395 e. The van der Waals surface area contributed by atoms with E-state index in [1.165, 1.54) is 6.07 Å². The first-order valence-corrected chi connectivity index (χ1v) is 8.25. The Morgan fingerprint density at radius 2 is 2.12 bits per heavy atom. The largest absolute Gasteiger partial charge is 0.586 e. The number of piperidine rings is 1. The van der Waals surface area contributed by atoms with Gasteiger partial charge in [-0.25, -0.2) is 0 Å². The van der Waals surface area contributed by atoms with Gasteiger partial charge in [0, 0.05) is 31.6 Å². The monoisotopic (exact) mass is 340 g/mol. The van der Waals surface area contributed by atoms with E-state index in [1.54, 1.807) is 12.1 Å². The van der Waals surface area contributed by atoms with Crippen LogP contribution in [0.25, 0.3) is 0 Å². The number of carbonyl (C=O) groups excluding carboxylic acids is 1. The lowest BCUT2D eigenvalue weighted by molar-refractivity contribution is -0.286. The highest BCUT2D eigenvalue weighted by Crippen LogP contribution is 2.41. The first-order valence-electron chi connectivity index (χ1n) is 8.25. The molecule has 0 aliphatic carbocycles. The molecular weight excluding hydrogens is 318 g/mol. The number of nitrogens with zero attached hydrogens (tertiary/aromatic N) is 1. The van der Waals surface area contributed by atoms with Crippen molar-refractivity contribution in [1.82, 2.24) is 10.2 Å². The number of likely N-dealkylation sites (tertiary alicyclic amines) is 1. The Labute approximate surface area is 139 Å². The van der Waals surface area contributed by atoms with Gasteiger partial charge in [0.1, 0.15) is 0 Å². The number of halogens is 2. The zero-order valence-corrected chi connectivity index (χ0v) is 13.9. The molecule has 2 heterocycles. The number of rotatable bonds is 4. The van der Waals surface area contributed by atoms with E-state index < -0.39 is 6.29 Å². The standard InChI is InChI=1S/C17H22F2N2O3/c1-11(2)16(22)21-7-3-4-13(10-21)20-9-12-5-6-14-15(8-12)24-17(18,19)23-14/h5-6,8,11,13,20H,3-4,7,9-10H2,1-2H3. The fraction of sp³-hybridized carbons (Fsp3) is 0.588. The Morgan fingerprint density at radius 3 is 2.88 bits per heavy atom. The summed E-state index contributed by atoms with van der Waals surface area (Å²) in [5.74, 6) is 0.278. The van der Waals surface area contributed by atoms with E-state index in [0.29, 0.717) is 13.1 Å². The molecule has 0 saturated carbocycles. The molecule has 132 valence electrons. The summed E-state index contributed by atoms with van der Waals surface area (Å²) < 4.78 is 34.9. The first kappa shape index (κ1) is 17.0. The maximum absolute atomic E-state index is 13.0. The van der Waals surface area contributed by atoms with Crippen molar-refractivity contribution in [3.63, 3.8) is 0 Å². The molecule has 1 fully saturated rings. The first-order chi connectivity index (χ1) is 11.3. The summed E-state index contributed by atoms with van der Waals surface area (Å²) in [6, 6.07) is 4.98. The van der Waals surface area contributed by atoms with Gasteiger partial charge >= 0.3 is 6.29 Å². The van der Waals surface area contributed by atoms with Gasteiger partial charge in [-0.15, -0.1) is 8.78 Å². The number of ether oxygens (including phenoxy) is 2. The van der Waals surface area contributed by atoms with Gasteiger partial charge in [-0.2, -0.15) is 0 Å². The third-order valence-corrected chi connectivity index (χ3v) is 4.29. The van der Waals surface area contributed by atoms with Gasteiger partial charge in [-0.05, 0) is 30.5 Å². The minimum atomic E-state index is -3.59. The summed E-state index contributed by atoms with van der Waals surface area (Å²) in [6.07, 6.45) is -1.64.